The third-order valence-electron chi connectivity index (χ3n) is 4.27. The van der Waals surface area contributed by atoms with Crippen molar-refractivity contribution >= 4 is 5.69 Å². The van der Waals surface area contributed by atoms with Crippen LogP contribution in [0.25, 0.3) is 0 Å². The van der Waals surface area contributed by atoms with E-state index < -0.39 is 0 Å². The number of nitrogens with one attached hydrogen (secondary N) is 1. The van der Waals surface area contributed by atoms with Gasteiger partial charge < -0.3 is 10.2 Å². The van der Waals surface area contributed by atoms with Crippen molar-refractivity contribution in [3.05, 3.63) is 65.2 Å². The molecule has 0 aromatic heterocycles. The van der Waals surface area contributed by atoms with Crippen LogP contribution in [-0.4, -0.2) is 25.7 Å². The number of piperazine rings is 1. The molecule has 1 N–H and O–H groups in total. The van der Waals surface area contributed by atoms with Crippen LogP contribution >= 0.6 is 0 Å². The molecule has 110 valence electrons. The molecule has 1 unspecified atom stereocenters. The van der Waals surface area contributed by atoms with Gasteiger partial charge in [-0.25, -0.2) is 0 Å². The highest BCUT2D eigenvalue weighted by Crippen LogP contribution is 2.22. The minimum Gasteiger partial charge on any atom is -0.368 e. The molecule has 3 rings (SSSR count). The maximum atomic E-state index is 3.66. The molecule has 21 heavy (non-hydrogen) atoms. The summed E-state index contributed by atoms with van der Waals surface area (Å²) in [4.78, 5) is 2.53. The Labute approximate surface area is 127 Å². The molecular weight excluding hydrogens is 256 g/mol. The summed E-state index contributed by atoms with van der Waals surface area (Å²) in [5.41, 5.74) is 5.53. The second-order valence-electron chi connectivity index (χ2n) is 6.08. The van der Waals surface area contributed by atoms with E-state index in [4.69, 9.17) is 0 Å². The van der Waals surface area contributed by atoms with Crippen LogP contribution in [0, 0.1) is 13.8 Å². The predicted octanol–water partition coefficient (Wildman–Crippen LogP) is 3.32. The van der Waals surface area contributed by atoms with E-state index in [-0.39, 0.29) is 0 Å². The van der Waals surface area contributed by atoms with E-state index >= 15 is 0 Å². The van der Waals surface area contributed by atoms with Crippen LogP contribution in [0.15, 0.2) is 48.5 Å². The zero-order valence-electron chi connectivity index (χ0n) is 13.0. The first-order chi connectivity index (χ1) is 10.2. The molecule has 1 atom stereocenters. The Hall–Kier alpha value is -1.80. The molecule has 0 amide bonds. The van der Waals surface area contributed by atoms with Crippen LogP contribution in [0.2, 0.25) is 0 Å². The summed E-state index contributed by atoms with van der Waals surface area (Å²) >= 11 is 0. The number of rotatable bonds is 3. The van der Waals surface area contributed by atoms with E-state index in [2.05, 4.69) is 72.6 Å². The number of anilines is 1. The Morgan fingerprint density at radius 1 is 1.10 bits per heavy atom. The van der Waals surface area contributed by atoms with Crippen molar-refractivity contribution in [2.75, 3.05) is 24.5 Å². The largest absolute Gasteiger partial charge is 0.368 e. The van der Waals surface area contributed by atoms with E-state index in [1.165, 1.54) is 22.4 Å². The lowest BCUT2D eigenvalue weighted by molar-refractivity contribution is 0.454. The van der Waals surface area contributed by atoms with Gasteiger partial charge in [0.25, 0.3) is 0 Å². The molecule has 1 aliphatic heterocycles. The Kier molecular flexibility index (Phi) is 4.26. The number of aryl methyl sites for hydroxylation is 2. The maximum absolute atomic E-state index is 3.66. The third kappa shape index (κ3) is 3.45. The number of hydrogen-bond donors (Lipinski definition) is 1. The van der Waals surface area contributed by atoms with Crippen LogP contribution in [0.1, 0.15) is 16.7 Å². The maximum Gasteiger partial charge on any atom is 0.0397 e. The monoisotopic (exact) mass is 280 g/mol. The highest BCUT2D eigenvalue weighted by molar-refractivity contribution is 5.55. The van der Waals surface area contributed by atoms with E-state index in [1.807, 2.05) is 0 Å². The van der Waals surface area contributed by atoms with Crippen molar-refractivity contribution in [2.45, 2.75) is 26.3 Å². The van der Waals surface area contributed by atoms with Gasteiger partial charge in [-0.1, -0.05) is 48.0 Å². The predicted molar refractivity (Wildman–Crippen MR) is 90.1 cm³/mol. The molecule has 1 saturated heterocycles. The van der Waals surface area contributed by atoms with Gasteiger partial charge in [0.15, 0.2) is 0 Å². The van der Waals surface area contributed by atoms with Gasteiger partial charge >= 0.3 is 0 Å². The molecule has 2 aromatic rings. The van der Waals surface area contributed by atoms with E-state index in [1.54, 1.807) is 0 Å². The lowest BCUT2D eigenvalue weighted by atomic mass is 10.0. The summed E-state index contributed by atoms with van der Waals surface area (Å²) in [5.74, 6) is 0. The molecule has 2 aromatic carbocycles. The highest BCUT2D eigenvalue weighted by atomic mass is 15.2. The molecule has 0 aliphatic carbocycles. The number of nitrogens with zero attached hydrogens (tertiary/aromatic N) is 1. The lowest BCUT2D eigenvalue weighted by Gasteiger charge is -2.36. The zero-order chi connectivity index (χ0) is 14.7. The molecular formula is C19H24N2. The van der Waals surface area contributed by atoms with E-state index in [9.17, 15) is 0 Å². The van der Waals surface area contributed by atoms with Gasteiger partial charge in [0.05, 0.1) is 0 Å². The van der Waals surface area contributed by atoms with Crippen molar-refractivity contribution in [1.82, 2.24) is 5.32 Å². The van der Waals surface area contributed by atoms with Crippen molar-refractivity contribution in [3.8, 4) is 0 Å². The first-order valence-electron chi connectivity index (χ1n) is 7.82. The summed E-state index contributed by atoms with van der Waals surface area (Å²) in [7, 11) is 0. The third-order valence-corrected chi connectivity index (χ3v) is 4.27. The van der Waals surface area contributed by atoms with Gasteiger partial charge in [0.1, 0.15) is 0 Å². The van der Waals surface area contributed by atoms with Gasteiger partial charge in [-0.2, -0.15) is 0 Å². The van der Waals surface area contributed by atoms with Crippen molar-refractivity contribution in [2.24, 2.45) is 0 Å². The van der Waals surface area contributed by atoms with E-state index in [0.717, 1.165) is 26.1 Å². The van der Waals surface area contributed by atoms with Gasteiger partial charge in [-0.15, -0.1) is 0 Å². The molecule has 1 heterocycles. The van der Waals surface area contributed by atoms with Gasteiger partial charge in [0.2, 0.25) is 0 Å². The summed E-state index contributed by atoms with van der Waals surface area (Å²) in [6.07, 6.45) is 1.10. The Morgan fingerprint density at radius 2 is 1.90 bits per heavy atom. The van der Waals surface area contributed by atoms with Crippen molar-refractivity contribution < 1.29 is 0 Å². The number of benzene rings is 2. The Morgan fingerprint density at radius 3 is 2.67 bits per heavy atom. The minimum atomic E-state index is 0.529. The SMILES string of the molecule is Cc1ccc(N2CCNC(Cc3ccccc3)C2)c(C)c1. The summed E-state index contributed by atoms with van der Waals surface area (Å²) in [5, 5.41) is 3.66. The van der Waals surface area contributed by atoms with Crippen LogP contribution < -0.4 is 10.2 Å². The Bertz CT molecular complexity index is 592. The number of hydrogen-bond acceptors (Lipinski definition) is 2. The minimum absolute atomic E-state index is 0.529. The molecule has 2 heteroatoms. The standard InChI is InChI=1S/C19H24N2/c1-15-8-9-19(16(2)12-15)21-11-10-20-18(14-21)13-17-6-4-3-5-7-17/h3-9,12,18,20H,10-11,13-14H2,1-2H3. The smallest absolute Gasteiger partial charge is 0.0397 e. The molecule has 2 nitrogen and oxygen atoms in total. The van der Waals surface area contributed by atoms with Crippen molar-refractivity contribution in [3.63, 3.8) is 0 Å². The van der Waals surface area contributed by atoms with Gasteiger partial charge in [-0.05, 0) is 37.5 Å². The lowest BCUT2D eigenvalue weighted by Crippen LogP contribution is -2.51. The fourth-order valence-electron chi connectivity index (χ4n) is 3.24. The van der Waals surface area contributed by atoms with Crippen LogP contribution in [0.4, 0.5) is 5.69 Å². The van der Waals surface area contributed by atoms with Crippen LogP contribution in [0.5, 0.6) is 0 Å². The average molecular weight is 280 g/mol. The fourth-order valence-corrected chi connectivity index (χ4v) is 3.24. The second-order valence-corrected chi connectivity index (χ2v) is 6.08. The molecule has 0 bridgehead atoms. The Balaban J connectivity index is 1.71. The second kappa shape index (κ2) is 6.31. The fraction of sp³-hybridized carbons (Fsp3) is 0.368. The quantitative estimate of drug-likeness (QED) is 0.928. The van der Waals surface area contributed by atoms with Crippen molar-refractivity contribution in [1.29, 1.82) is 0 Å². The zero-order valence-corrected chi connectivity index (χ0v) is 13.0. The summed E-state index contributed by atoms with van der Waals surface area (Å²) in [6, 6.07) is 18.1. The summed E-state index contributed by atoms with van der Waals surface area (Å²) < 4.78 is 0. The average Bonchev–Trinajstić information content (AvgIpc) is 2.48. The highest BCUT2D eigenvalue weighted by Gasteiger charge is 2.20. The molecule has 0 saturated carbocycles. The first kappa shape index (κ1) is 14.2. The molecule has 0 radical (unpaired) electrons. The van der Waals surface area contributed by atoms with E-state index in [0.29, 0.717) is 6.04 Å². The normalized spacial score (nSPS) is 18.8. The van der Waals surface area contributed by atoms with Gasteiger partial charge in [-0.3, -0.25) is 0 Å². The molecule has 1 fully saturated rings. The van der Waals surface area contributed by atoms with Crippen LogP contribution in [-0.2, 0) is 6.42 Å². The van der Waals surface area contributed by atoms with Crippen LogP contribution in [0.3, 0.4) is 0 Å². The first-order valence-corrected chi connectivity index (χ1v) is 7.82. The topological polar surface area (TPSA) is 15.3 Å². The van der Waals surface area contributed by atoms with Gasteiger partial charge in [0, 0.05) is 31.4 Å². The molecule has 0 spiro atoms. The summed E-state index contributed by atoms with van der Waals surface area (Å²) in [6.45, 7) is 7.61. The molecule has 1 aliphatic rings.